The molecule has 3 heteroatoms. The molecule has 2 aromatic rings. The lowest BCUT2D eigenvalue weighted by atomic mass is 10.0. The molecule has 0 aliphatic heterocycles. The van der Waals surface area contributed by atoms with E-state index in [0.29, 0.717) is 17.9 Å². The number of halogens is 1. The van der Waals surface area contributed by atoms with Crippen molar-refractivity contribution in [3.63, 3.8) is 0 Å². The Morgan fingerprint density at radius 3 is 2.75 bits per heavy atom. The van der Waals surface area contributed by atoms with Gasteiger partial charge in [-0.2, -0.15) is 0 Å². The molecule has 2 nitrogen and oxygen atoms in total. The summed E-state index contributed by atoms with van der Waals surface area (Å²) in [7, 11) is 0. The zero-order chi connectivity index (χ0) is 11.4. The summed E-state index contributed by atoms with van der Waals surface area (Å²) < 4.78 is 5.51. The summed E-state index contributed by atoms with van der Waals surface area (Å²) in [5.74, 6) is 0.646. The summed E-state index contributed by atoms with van der Waals surface area (Å²) >= 11 is 3.29. The van der Waals surface area contributed by atoms with E-state index in [1.54, 1.807) is 0 Å². The Morgan fingerprint density at radius 1 is 1.19 bits per heavy atom. The minimum absolute atomic E-state index is 0.555. The Labute approximate surface area is 102 Å². The Hall–Kier alpha value is -1.35. The molecule has 0 heterocycles. The third kappa shape index (κ3) is 2.09. The van der Waals surface area contributed by atoms with Crippen LogP contribution < -0.4 is 4.74 Å². The van der Waals surface area contributed by atoms with Gasteiger partial charge in [0.15, 0.2) is 6.29 Å². The molecule has 0 spiro atoms. The topological polar surface area (TPSA) is 26.3 Å². The maximum absolute atomic E-state index is 11.1. The predicted molar refractivity (Wildman–Crippen MR) is 68.6 cm³/mol. The Kier molecular flexibility index (Phi) is 3.57. The highest BCUT2D eigenvalue weighted by molar-refractivity contribution is 9.09. The lowest BCUT2D eigenvalue weighted by Crippen LogP contribution is -2.00. The van der Waals surface area contributed by atoms with Gasteiger partial charge in [-0.1, -0.05) is 46.3 Å². The van der Waals surface area contributed by atoms with Crippen molar-refractivity contribution in [2.45, 2.75) is 0 Å². The summed E-state index contributed by atoms with van der Waals surface area (Å²) in [5, 5.41) is 2.73. The van der Waals surface area contributed by atoms with E-state index in [1.807, 2.05) is 36.4 Å². The Morgan fingerprint density at radius 2 is 2.00 bits per heavy atom. The van der Waals surface area contributed by atoms with Gasteiger partial charge in [0.1, 0.15) is 5.75 Å². The fourth-order valence-electron chi connectivity index (χ4n) is 1.67. The maximum Gasteiger partial charge on any atom is 0.154 e. The zero-order valence-corrected chi connectivity index (χ0v) is 10.2. The van der Waals surface area contributed by atoms with Crippen molar-refractivity contribution in [2.75, 3.05) is 11.9 Å². The third-order valence-electron chi connectivity index (χ3n) is 2.38. The first-order valence-electron chi connectivity index (χ1n) is 5.02. The predicted octanol–water partition coefficient (Wildman–Crippen LogP) is 3.43. The molecule has 0 fully saturated rings. The number of hydrogen-bond acceptors (Lipinski definition) is 2. The summed E-state index contributed by atoms with van der Waals surface area (Å²) in [4.78, 5) is 11.1. The van der Waals surface area contributed by atoms with E-state index in [1.165, 1.54) is 0 Å². The minimum Gasteiger partial charge on any atom is -0.492 e. The second kappa shape index (κ2) is 5.12. The average Bonchev–Trinajstić information content (AvgIpc) is 2.35. The number of rotatable bonds is 4. The number of carbonyl (C=O) groups excluding carboxylic acids is 1. The van der Waals surface area contributed by atoms with Gasteiger partial charge in [-0.3, -0.25) is 4.79 Å². The molecule has 0 aliphatic carbocycles. The number of alkyl halides is 1. The van der Waals surface area contributed by atoms with Crippen LogP contribution in [0.4, 0.5) is 0 Å². The largest absolute Gasteiger partial charge is 0.492 e. The van der Waals surface area contributed by atoms with Crippen molar-refractivity contribution in [1.29, 1.82) is 0 Å². The van der Waals surface area contributed by atoms with Gasteiger partial charge in [-0.15, -0.1) is 0 Å². The lowest BCUT2D eigenvalue weighted by molar-refractivity contribution is 0.112. The summed E-state index contributed by atoms with van der Waals surface area (Å²) in [6.07, 6.45) is 0.853. The van der Waals surface area contributed by atoms with E-state index in [-0.39, 0.29) is 0 Å². The summed E-state index contributed by atoms with van der Waals surface area (Å²) in [6, 6.07) is 11.6. The van der Waals surface area contributed by atoms with Crippen molar-refractivity contribution in [3.8, 4) is 5.75 Å². The van der Waals surface area contributed by atoms with Gasteiger partial charge in [0.05, 0.1) is 12.2 Å². The van der Waals surface area contributed by atoms with Gasteiger partial charge >= 0.3 is 0 Å². The molecular weight excluding hydrogens is 268 g/mol. The van der Waals surface area contributed by atoms with Gasteiger partial charge < -0.3 is 4.74 Å². The van der Waals surface area contributed by atoms with E-state index < -0.39 is 0 Å². The van der Waals surface area contributed by atoms with Crippen LogP contribution >= 0.6 is 15.9 Å². The molecule has 0 bridgehead atoms. The van der Waals surface area contributed by atoms with E-state index >= 15 is 0 Å². The van der Waals surface area contributed by atoms with Crippen LogP contribution in [0.25, 0.3) is 10.8 Å². The molecule has 0 saturated heterocycles. The van der Waals surface area contributed by atoms with Gasteiger partial charge in [-0.05, 0) is 16.8 Å². The molecule has 0 aliphatic rings. The highest BCUT2D eigenvalue weighted by Crippen LogP contribution is 2.26. The number of aldehydes is 1. The van der Waals surface area contributed by atoms with Crippen LogP contribution in [0.3, 0.4) is 0 Å². The molecule has 0 N–H and O–H groups in total. The monoisotopic (exact) mass is 278 g/mol. The quantitative estimate of drug-likeness (QED) is 0.633. The molecule has 0 radical (unpaired) electrons. The SMILES string of the molecule is O=Cc1c(OCCBr)ccc2ccccc12. The zero-order valence-electron chi connectivity index (χ0n) is 8.65. The number of fused-ring (bicyclic) bond motifs is 1. The molecule has 0 unspecified atom stereocenters. The first-order valence-corrected chi connectivity index (χ1v) is 6.14. The summed E-state index contributed by atoms with van der Waals surface area (Å²) in [5.41, 5.74) is 0.624. The van der Waals surface area contributed by atoms with Crippen molar-refractivity contribution in [2.24, 2.45) is 0 Å². The number of ether oxygens (including phenoxy) is 1. The second-order valence-electron chi connectivity index (χ2n) is 3.35. The number of carbonyl (C=O) groups is 1. The number of benzene rings is 2. The Balaban J connectivity index is 2.54. The van der Waals surface area contributed by atoms with E-state index in [4.69, 9.17) is 4.74 Å². The van der Waals surface area contributed by atoms with Crippen molar-refractivity contribution < 1.29 is 9.53 Å². The van der Waals surface area contributed by atoms with Crippen LogP contribution in [0.1, 0.15) is 10.4 Å². The smallest absolute Gasteiger partial charge is 0.154 e. The molecule has 16 heavy (non-hydrogen) atoms. The van der Waals surface area contributed by atoms with Crippen molar-refractivity contribution in [1.82, 2.24) is 0 Å². The van der Waals surface area contributed by atoms with E-state index in [0.717, 1.165) is 22.4 Å². The van der Waals surface area contributed by atoms with Gasteiger partial charge in [0.25, 0.3) is 0 Å². The van der Waals surface area contributed by atoms with E-state index in [2.05, 4.69) is 15.9 Å². The third-order valence-corrected chi connectivity index (χ3v) is 2.71. The average molecular weight is 279 g/mol. The molecule has 2 rings (SSSR count). The first kappa shape index (κ1) is 11.1. The minimum atomic E-state index is 0.555. The highest BCUT2D eigenvalue weighted by Gasteiger charge is 2.07. The van der Waals surface area contributed by atoms with Crippen LogP contribution in [0.5, 0.6) is 5.75 Å². The van der Waals surface area contributed by atoms with E-state index in [9.17, 15) is 4.79 Å². The van der Waals surface area contributed by atoms with Crippen LogP contribution in [0, 0.1) is 0 Å². The second-order valence-corrected chi connectivity index (χ2v) is 4.15. The van der Waals surface area contributed by atoms with Crippen molar-refractivity contribution in [3.05, 3.63) is 42.0 Å². The molecule has 0 aromatic heterocycles. The molecule has 0 amide bonds. The van der Waals surface area contributed by atoms with Gasteiger partial charge in [0.2, 0.25) is 0 Å². The standard InChI is InChI=1S/C13H11BrO2/c14-7-8-16-13-6-5-10-3-1-2-4-11(10)12(13)9-15/h1-6,9H,7-8H2. The molecule has 82 valence electrons. The normalized spacial score (nSPS) is 10.3. The Bertz CT molecular complexity index is 508. The fraction of sp³-hybridized carbons (Fsp3) is 0.154. The van der Waals surface area contributed by atoms with Gasteiger partial charge in [0, 0.05) is 5.33 Å². The van der Waals surface area contributed by atoms with Crippen molar-refractivity contribution >= 4 is 33.0 Å². The van der Waals surface area contributed by atoms with Crippen LogP contribution in [-0.2, 0) is 0 Å². The summed E-state index contributed by atoms with van der Waals surface area (Å²) in [6.45, 7) is 0.555. The first-order chi connectivity index (χ1) is 7.86. The molecular formula is C13H11BrO2. The number of hydrogen-bond donors (Lipinski definition) is 0. The lowest BCUT2D eigenvalue weighted by Gasteiger charge is -2.09. The fourth-order valence-corrected chi connectivity index (χ4v) is 1.83. The van der Waals surface area contributed by atoms with Crippen LogP contribution in [0.2, 0.25) is 0 Å². The maximum atomic E-state index is 11.1. The molecule has 2 aromatic carbocycles. The van der Waals surface area contributed by atoms with Crippen LogP contribution in [-0.4, -0.2) is 18.2 Å². The highest BCUT2D eigenvalue weighted by atomic mass is 79.9. The van der Waals surface area contributed by atoms with Crippen LogP contribution in [0.15, 0.2) is 36.4 Å². The molecule has 0 atom stereocenters. The molecule has 0 saturated carbocycles. The van der Waals surface area contributed by atoms with Gasteiger partial charge in [-0.25, -0.2) is 0 Å².